The SMILES string of the molecule is CCN(C(=O)c1ccnc(NC2CCS(=O)(=O)C2)c1)c1cccc(C)c1. The lowest BCUT2D eigenvalue weighted by molar-refractivity contribution is 0.0988. The second-order valence-corrected chi connectivity index (χ2v) is 8.79. The highest BCUT2D eigenvalue weighted by molar-refractivity contribution is 7.91. The highest BCUT2D eigenvalue weighted by Gasteiger charge is 2.28. The number of hydrogen-bond acceptors (Lipinski definition) is 5. The topological polar surface area (TPSA) is 79.4 Å². The van der Waals surface area contributed by atoms with Crippen LogP contribution in [0.15, 0.2) is 42.6 Å². The number of amides is 1. The van der Waals surface area contributed by atoms with E-state index in [0.717, 1.165) is 11.3 Å². The Hall–Kier alpha value is -2.41. The molecule has 1 saturated heterocycles. The average molecular weight is 373 g/mol. The van der Waals surface area contributed by atoms with Crippen molar-refractivity contribution in [2.75, 3.05) is 28.3 Å². The van der Waals surface area contributed by atoms with Crippen molar-refractivity contribution < 1.29 is 13.2 Å². The van der Waals surface area contributed by atoms with Gasteiger partial charge in [-0.2, -0.15) is 0 Å². The molecule has 0 spiro atoms. The minimum atomic E-state index is -2.96. The summed E-state index contributed by atoms with van der Waals surface area (Å²) in [7, 11) is -2.96. The normalized spacial score (nSPS) is 18.5. The number of aromatic nitrogens is 1. The van der Waals surface area contributed by atoms with Crippen molar-refractivity contribution in [1.82, 2.24) is 4.98 Å². The third-order valence-corrected chi connectivity index (χ3v) is 6.23. The van der Waals surface area contributed by atoms with Crippen LogP contribution < -0.4 is 10.2 Å². The molecule has 1 aromatic heterocycles. The van der Waals surface area contributed by atoms with Crippen LogP contribution in [0.25, 0.3) is 0 Å². The molecule has 0 bridgehead atoms. The second-order valence-electron chi connectivity index (χ2n) is 6.56. The van der Waals surface area contributed by atoms with Gasteiger partial charge in [-0.15, -0.1) is 0 Å². The minimum absolute atomic E-state index is 0.108. The fourth-order valence-electron chi connectivity index (χ4n) is 3.16. The van der Waals surface area contributed by atoms with Gasteiger partial charge in [0, 0.05) is 30.0 Å². The van der Waals surface area contributed by atoms with E-state index < -0.39 is 9.84 Å². The number of nitrogens with zero attached hydrogens (tertiary/aromatic N) is 2. The number of anilines is 2. The maximum absolute atomic E-state index is 13.0. The number of hydrogen-bond donors (Lipinski definition) is 1. The molecule has 2 aromatic rings. The Morgan fingerprint density at radius 1 is 1.31 bits per heavy atom. The zero-order chi connectivity index (χ0) is 18.7. The summed E-state index contributed by atoms with van der Waals surface area (Å²) in [5.41, 5.74) is 2.46. The Bertz CT molecular complexity index is 912. The van der Waals surface area contributed by atoms with Crippen molar-refractivity contribution in [3.8, 4) is 0 Å². The molecule has 26 heavy (non-hydrogen) atoms. The summed E-state index contributed by atoms with van der Waals surface area (Å²) in [6, 6.07) is 11.0. The summed E-state index contributed by atoms with van der Waals surface area (Å²) in [5, 5.41) is 3.14. The molecule has 1 N–H and O–H groups in total. The van der Waals surface area contributed by atoms with Gasteiger partial charge in [-0.3, -0.25) is 4.79 Å². The van der Waals surface area contributed by atoms with Crippen LogP contribution >= 0.6 is 0 Å². The summed E-state index contributed by atoms with van der Waals surface area (Å²) in [5.74, 6) is 0.721. The van der Waals surface area contributed by atoms with E-state index in [1.165, 1.54) is 0 Å². The predicted octanol–water partition coefficient (Wildman–Crippen LogP) is 2.66. The van der Waals surface area contributed by atoms with Crippen LogP contribution in [0.3, 0.4) is 0 Å². The largest absolute Gasteiger partial charge is 0.366 e. The summed E-state index contributed by atoms with van der Waals surface area (Å²) in [6.45, 7) is 4.48. The molecule has 0 radical (unpaired) electrons. The van der Waals surface area contributed by atoms with Gasteiger partial charge in [-0.05, 0) is 50.1 Å². The molecule has 1 fully saturated rings. The Labute approximate surface area is 154 Å². The Morgan fingerprint density at radius 3 is 2.77 bits per heavy atom. The van der Waals surface area contributed by atoms with E-state index in [4.69, 9.17) is 0 Å². The minimum Gasteiger partial charge on any atom is -0.366 e. The zero-order valence-electron chi connectivity index (χ0n) is 15.0. The van der Waals surface area contributed by atoms with Crippen LogP contribution in [0.5, 0.6) is 0 Å². The molecular weight excluding hydrogens is 350 g/mol. The number of carbonyl (C=O) groups is 1. The molecule has 1 atom stereocenters. The molecule has 7 heteroatoms. The Kier molecular flexibility index (Phi) is 5.27. The van der Waals surface area contributed by atoms with Gasteiger partial charge in [-0.25, -0.2) is 13.4 Å². The zero-order valence-corrected chi connectivity index (χ0v) is 15.8. The maximum atomic E-state index is 13.0. The summed E-state index contributed by atoms with van der Waals surface area (Å²) in [6.07, 6.45) is 2.13. The molecule has 2 heterocycles. The van der Waals surface area contributed by atoms with Crippen molar-refractivity contribution in [2.24, 2.45) is 0 Å². The van der Waals surface area contributed by atoms with Gasteiger partial charge in [0.25, 0.3) is 5.91 Å². The third-order valence-electron chi connectivity index (χ3n) is 4.47. The van der Waals surface area contributed by atoms with Crippen LogP contribution in [0, 0.1) is 6.92 Å². The van der Waals surface area contributed by atoms with Crippen LogP contribution in [0.2, 0.25) is 0 Å². The first kappa shape index (κ1) is 18.4. The van der Waals surface area contributed by atoms with Crippen molar-refractivity contribution >= 4 is 27.2 Å². The molecule has 138 valence electrons. The number of rotatable bonds is 5. The van der Waals surface area contributed by atoms with Gasteiger partial charge in [-0.1, -0.05) is 12.1 Å². The van der Waals surface area contributed by atoms with Gasteiger partial charge >= 0.3 is 0 Å². The number of benzene rings is 1. The van der Waals surface area contributed by atoms with E-state index in [1.807, 2.05) is 38.1 Å². The number of nitrogens with one attached hydrogen (secondary N) is 1. The van der Waals surface area contributed by atoms with E-state index in [-0.39, 0.29) is 23.5 Å². The molecule has 1 aliphatic rings. The van der Waals surface area contributed by atoms with Gasteiger partial charge < -0.3 is 10.2 Å². The van der Waals surface area contributed by atoms with Crippen LogP contribution in [-0.4, -0.2) is 43.4 Å². The summed E-state index contributed by atoms with van der Waals surface area (Å²) < 4.78 is 23.2. The van der Waals surface area contributed by atoms with Gasteiger partial charge in [0.2, 0.25) is 0 Å². The molecule has 3 rings (SSSR count). The first-order valence-corrected chi connectivity index (χ1v) is 10.5. The fourth-order valence-corrected chi connectivity index (χ4v) is 4.83. The predicted molar refractivity (Wildman–Crippen MR) is 103 cm³/mol. The molecule has 1 aliphatic heterocycles. The molecule has 0 saturated carbocycles. The lowest BCUT2D eigenvalue weighted by Crippen LogP contribution is -2.31. The van der Waals surface area contributed by atoms with E-state index in [0.29, 0.717) is 24.3 Å². The van der Waals surface area contributed by atoms with Crippen molar-refractivity contribution in [3.63, 3.8) is 0 Å². The Morgan fingerprint density at radius 2 is 2.12 bits per heavy atom. The number of sulfone groups is 1. The quantitative estimate of drug-likeness (QED) is 0.872. The van der Waals surface area contributed by atoms with Crippen LogP contribution in [0.4, 0.5) is 11.5 Å². The van der Waals surface area contributed by atoms with Crippen molar-refractivity contribution in [1.29, 1.82) is 0 Å². The van der Waals surface area contributed by atoms with Gasteiger partial charge in [0.1, 0.15) is 5.82 Å². The lowest BCUT2D eigenvalue weighted by atomic mass is 10.1. The number of aryl methyl sites for hydroxylation is 1. The third kappa shape index (κ3) is 4.22. The van der Waals surface area contributed by atoms with Gasteiger partial charge in [0.15, 0.2) is 9.84 Å². The van der Waals surface area contributed by atoms with Gasteiger partial charge in [0.05, 0.1) is 11.5 Å². The second kappa shape index (κ2) is 7.45. The summed E-state index contributed by atoms with van der Waals surface area (Å²) in [4.78, 5) is 18.9. The molecule has 1 unspecified atom stereocenters. The lowest BCUT2D eigenvalue weighted by Gasteiger charge is -2.22. The first-order valence-electron chi connectivity index (χ1n) is 8.69. The average Bonchev–Trinajstić information content (AvgIpc) is 2.94. The van der Waals surface area contributed by atoms with E-state index >= 15 is 0 Å². The van der Waals surface area contributed by atoms with Crippen LogP contribution in [-0.2, 0) is 9.84 Å². The van der Waals surface area contributed by atoms with E-state index in [1.54, 1.807) is 23.2 Å². The molecule has 0 aliphatic carbocycles. The smallest absolute Gasteiger partial charge is 0.258 e. The van der Waals surface area contributed by atoms with Crippen molar-refractivity contribution in [3.05, 3.63) is 53.7 Å². The van der Waals surface area contributed by atoms with E-state index in [9.17, 15) is 13.2 Å². The standard InChI is InChI=1S/C19H23N3O3S/c1-3-22(17-6-4-5-14(2)11-17)19(23)15-7-9-20-18(12-15)21-16-8-10-26(24,25)13-16/h4-7,9,11-12,16H,3,8,10,13H2,1-2H3,(H,20,21). The molecule has 1 aromatic carbocycles. The molecule has 1 amide bonds. The number of carbonyl (C=O) groups excluding carboxylic acids is 1. The van der Waals surface area contributed by atoms with Crippen molar-refractivity contribution in [2.45, 2.75) is 26.3 Å². The van der Waals surface area contributed by atoms with E-state index in [2.05, 4.69) is 10.3 Å². The summed E-state index contributed by atoms with van der Waals surface area (Å²) >= 11 is 0. The highest BCUT2D eigenvalue weighted by Crippen LogP contribution is 2.21. The first-order chi connectivity index (χ1) is 12.4. The highest BCUT2D eigenvalue weighted by atomic mass is 32.2. The molecular formula is C19H23N3O3S. The van der Waals surface area contributed by atoms with Crippen LogP contribution in [0.1, 0.15) is 29.3 Å². The fraction of sp³-hybridized carbons (Fsp3) is 0.368. The monoisotopic (exact) mass is 373 g/mol. The Balaban J connectivity index is 1.79. The number of pyridine rings is 1. The molecule has 6 nitrogen and oxygen atoms in total. The maximum Gasteiger partial charge on any atom is 0.258 e.